The molecule has 3 atom stereocenters. The minimum Gasteiger partial charge on any atom is -1.00 e. The Morgan fingerprint density at radius 1 is 1.40 bits per heavy atom. The molecule has 1 fully saturated rings. The number of aliphatic carboxylic acids is 1. The predicted octanol–water partition coefficient (Wildman–Crippen LogP) is -1.89. The van der Waals surface area contributed by atoms with Gasteiger partial charge in [-0.15, -0.1) is 0 Å². The van der Waals surface area contributed by atoms with Gasteiger partial charge in [0.25, 0.3) is 0 Å². The Kier molecular flexibility index (Phi) is 6.06. The topological polar surface area (TPSA) is 89.9 Å². The normalized spacial score (nSPS) is 22.7. The number of rotatable bonds is 4. The van der Waals surface area contributed by atoms with Crippen LogP contribution in [-0.2, 0) is 9.59 Å². The third-order valence-electron chi connectivity index (χ3n) is 4.65. The van der Waals surface area contributed by atoms with Crippen LogP contribution in [-0.4, -0.2) is 51.2 Å². The number of carboxylic acid groups (broad SMARTS) is 1. The maximum atomic E-state index is 12.2. The molecule has 2 aliphatic heterocycles. The molecule has 2 aliphatic rings. The number of aliphatic hydroxyl groups excluding tert-OH is 1. The number of aliphatic hydroxyl groups is 1. The van der Waals surface area contributed by atoms with Gasteiger partial charge in [0.1, 0.15) is 10.7 Å². The van der Waals surface area contributed by atoms with Crippen LogP contribution >= 0.6 is 12.2 Å². The number of fused-ring (bicyclic) bond motifs is 1. The van der Waals surface area contributed by atoms with Gasteiger partial charge in [-0.3, -0.25) is 4.79 Å². The van der Waals surface area contributed by atoms with Crippen LogP contribution in [0.25, 0.3) is 5.57 Å². The Labute approximate surface area is 174 Å². The van der Waals surface area contributed by atoms with Crippen LogP contribution in [0.4, 0.5) is 0 Å². The van der Waals surface area contributed by atoms with Gasteiger partial charge in [-0.2, -0.15) is 0 Å². The Balaban J connectivity index is 0.00000169. The van der Waals surface area contributed by atoms with E-state index in [0.717, 1.165) is 11.1 Å². The van der Waals surface area contributed by atoms with E-state index in [2.05, 4.69) is 5.32 Å². The van der Waals surface area contributed by atoms with Crippen molar-refractivity contribution in [3.05, 3.63) is 41.1 Å². The van der Waals surface area contributed by atoms with Crippen molar-refractivity contribution in [2.45, 2.75) is 25.5 Å². The summed E-state index contributed by atoms with van der Waals surface area (Å²) < 4.78 is 0. The molecule has 1 saturated heterocycles. The summed E-state index contributed by atoms with van der Waals surface area (Å²) in [6.45, 7) is 1.56. The number of amides is 1. The number of β-lactam (4-membered cyclic amide) rings is 1. The molecule has 25 heavy (non-hydrogen) atoms. The zero-order valence-electron chi connectivity index (χ0n) is 15.3. The zero-order valence-corrected chi connectivity index (χ0v) is 17.1. The van der Waals surface area contributed by atoms with Gasteiger partial charge >= 0.3 is 35.5 Å². The number of hydrogen-bond donors (Lipinski definition) is 3. The first-order valence-electron chi connectivity index (χ1n) is 7.67. The molecule has 0 bridgehead atoms. The maximum absolute atomic E-state index is 12.2. The molecule has 0 spiro atoms. The van der Waals surface area contributed by atoms with Crippen molar-refractivity contribution in [1.29, 1.82) is 0 Å². The fourth-order valence-electron chi connectivity index (χ4n) is 3.49. The molecule has 0 saturated carbocycles. The van der Waals surface area contributed by atoms with E-state index in [1.807, 2.05) is 24.3 Å². The van der Waals surface area contributed by atoms with Crippen molar-refractivity contribution in [1.82, 2.24) is 10.2 Å². The molecule has 3 rings (SSSR count). The van der Waals surface area contributed by atoms with E-state index in [1.54, 1.807) is 14.0 Å². The smallest absolute Gasteiger partial charge is 1.00 e. The standard InChI is InChI=1S/C17H18N2O4S.Na.H/c1-8(20)13-12-7-11(14(17(22)23)19(12)16(13)21)9-3-5-10(6-4-9)15(24)18-2;;/h3-6,8,12-13,20H,7H2,1-2H3,(H,18,24)(H,22,23);;/q;+1;-1/t8-,12-,13-;;/m1../s1. The molecular formula is C17H19N2NaO4S. The van der Waals surface area contributed by atoms with E-state index in [9.17, 15) is 19.8 Å². The Morgan fingerprint density at radius 2 is 2.00 bits per heavy atom. The Bertz CT molecular complexity index is 767. The summed E-state index contributed by atoms with van der Waals surface area (Å²) in [4.78, 5) is 25.8. The number of benzene rings is 1. The summed E-state index contributed by atoms with van der Waals surface area (Å²) in [6, 6.07) is 6.99. The molecule has 6 nitrogen and oxygen atoms in total. The zero-order chi connectivity index (χ0) is 17.6. The minimum atomic E-state index is -1.13. The SMILES string of the molecule is CNC(=S)c1ccc(C2=C(C(=O)O)N3C(=O)[C@H]([C@@H](C)O)[C@H]3C2)cc1.[H-].[Na+]. The third kappa shape index (κ3) is 3.27. The van der Waals surface area contributed by atoms with Crippen molar-refractivity contribution in [2.24, 2.45) is 5.92 Å². The van der Waals surface area contributed by atoms with Crippen molar-refractivity contribution >= 4 is 34.7 Å². The molecule has 0 unspecified atom stereocenters. The molecule has 0 aromatic heterocycles. The monoisotopic (exact) mass is 370 g/mol. The number of hydrogen-bond acceptors (Lipinski definition) is 4. The maximum Gasteiger partial charge on any atom is 1.00 e. The van der Waals surface area contributed by atoms with Gasteiger partial charge in [0.15, 0.2) is 0 Å². The summed E-state index contributed by atoms with van der Waals surface area (Å²) in [6.07, 6.45) is -0.359. The number of nitrogens with zero attached hydrogens (tertiary/aromatic N) is 1. The fraction of sp³-hybridized carbons (Fsp3) is 0.353. The number of carboxylic acids is 1. The quantitative estimate of drug-likeness (QED) is 0.326. The second-order valence-corrected chi connectivity index (χ2v) is 6.44. The van der Waals surface area contributed by atoms with Gasteiger partial charge in [-0.1, -0.05) is 36.5 Å². The number of thiocarbonyl (C=S) groups is 1. The molecule has 0 aliphatic carbocycles. The average Bonchev–Trinajstić information content (AvgIpc) is 2.89. The van der Waals surface area contributed by atoms with Crippen LogP contribution in [0.15, 0.2) is 30.0 Å². The second kappa shape index (κ2) is 7.55. The molecule has 128 valence electrons. The molecule has 1 aromatic rings. The summed E-state index contributed by atoms with van der Waals surface area (Å²) >= 11 is 5.17. The largest absolute Gasteiger partial charge is 1.00 e. The van der Waals surface area contributed by atoms with Gasteiger partial charge < -0.3 is 21.9 Å². The van der Waals surface area contributed by atoms with Crippen LogP contribution in [0.1, 0.15) is 25.9 Å². The van der Waals surface area contributed by atoms with Crippen LogP contribution in [0.2, 0.25) is 0 Å². The number of nitrogens with one attached hydrogen (secondary N) is 1. The van der Waals surface area contributed by atoms with Crippen molar-refractivity contribution in [3.63, 3.8) is 0 Å². The fourth-order valence-corrected chi connectivity index (χ4v) is 3.63. The Hall–Kier alpha value is -1.25. The predicted molar refractivity (Wildman–Crippen MR) is 93.3 cm³/mol. The van der Waals surface area contributed by atoms with Crippen molar-refractivity contribution in [2.75, 3.05) is 7.05 Å². The van der Waals surface area contributed by atoms with Gasteiger partial charge in [-0.05, 0) is 24.5 Å². The van der Waals surface area contributed by atoms with Crippen molar-refractivity contribution in [3.8, 4) is 0 Å². The first kappa shape index (κ1) is 20.1. The Morgan fingerprint density at radius 3 is 2.48 bits per heavy atom. The van der Waals surface area contributed by atoms with Gasteiger partial charge in [0.05, 0.1) is 18.1 Å². The first-order chi connectivity index (χ1) is 11.4. The second-order valence-electron chi connectivity index (χ2n) is 6.03. The van der Waals surface area contributed by atoms with E-state index in [0.29, 0.717) is 17.0 Å². The summed E-state index contributed by atoms with van der Waals surface area (Å²) in [7, 11) is 1.74. The molecule has 8 heteroatoms. The summed E-state index contributed by atoms with van der Waals surface area (Å²) in [5.41, 5.74) is 2.23. The van der Waals surface area contributed by atoms with E-state index in [4.69, 9.17) is 12.2 Å². The van der Waals surface area contributed by atoms with Crippen LogP contribution in [0.3, 0.4) is 0 Å². The van der Waals surface area contributed by atoms with E-state index >= 15 is 0 Å². The molecule has 1 amide bonds. The van der Waals surface area contributed by atoms with E-state index in [1.165, 1.54) is 4.90 Å². The van der Waals surface area contributed by atoms with Crippen LogP contribution in [0, 0.1) is 5.92 Å². The molecule has 3 N–H and O–H groups in total. The van der Waals surface area contributed by atoms with E-state index < -0.39 is 18.0 Å². The average molecular weight is 370 g/mol. The van der Waals surface area contributed by atoms with Crippen LogP contribution in [0.5, 0.6) is 0 Å². The van der Waals surface area contributed by atoms with Gasteiger partial charge in [0, 0.05) is 12.6 Å². The molecular weight excluding hydrogens is 351 g/mol. The van der Waals surface area contributed by atoms with Gasteiger partial charge in [0.2, 0.25) is 5.91 Å². The summed E-state index contributed by atoms with van der Waals surface area (Å²) in [5, 5.41) is 22.2. The third-order valence-corrected chi connectivity index (χ3v) is 5.09. The number of carbonyl (C=O) groups excluding carboxylic acids is 1. The molecule has 1 aromatic carbocycles. The number of carbonyl (C=O) groups is 2. The van der Waals surface area contributed by atoms with Crippen LogP contribution < -0.4 is 34.9 Å². The minimum absolute atomic E-state index is 0. The van der Waals surface area contributed by atoms with Crippen molar-refractivity contribution < 1.29 is 50.8 Å². The molecule has 0 radical (unpaired) electrons. The summed E-state index contributed by atoms with van der Waals surface area (Å²) in [5.74, 6) is -1.98. The van der Waals surface area contributed by atoms with Gasteiger partial charge in [-0.25, -0.2) is 4.79 Å². The first-order valence-corrected chi connectivity index (χ1v) is 8.07. The molecule has 2 heterocycles. The van der Waals surface area contributed by atoms with E-state index in [-0.39, 0.29) is 48.6 Å².